The van der Waals surface area contributed by atoms with Gasteiger partial charge in [0.1, 0.15) is 11.5 Å². The minimum Gasteiger partial charge on any atom is -0.456 e. The molecule has 0 atom stereocenters. The topological polar surface area (TPSA) is 35.2 Å². The second-order valence-electron chi connectivity index (χ2n) is 4.67. The number of aryl methyl sites for hydroxylation is 2. The van der Waals surface area contributed by atoms with Gasteiger partial charge < -0.3 is 10.5 Å². The maximum Gasteiger partial charge on any atom is 0.146 e. The highest BCUT2D eigenvalue weighted by atomic mass is 35.5. The van der Waals surface area contributed by atoms with Crippen molar-refractivity contribution >= 4 is 11.6 Å². The van der Waals surface area contributed by atoms with Crippen molar-refractivity contribution in [2.75, 3.05) is 6.54 Å². The zero-order chi connectivity index (χ0) is 13.8. The minimum atomic E-state index is 0.617. The average molecular weight is 276 g/mol. The Morgan fingerprint density at radius 2 is 1.79 bits per heavy atom. The summed E-state index contributed by atoms with van der Waals surface area (Å²) < 4.78 is 5.86. The smallest absolute Gasteiger partial charge is 0.146 e. The summed E-state index contributed by atoms with van der Waals surface area (Å²) >= 11 is 6.23. The molecule has 0 aliphatic carbocycles. The highest BCUT2D eigenvalue weighted by Gasteiger charge is 2.06. The lowest BCUT2D eigenvalue weighted by molar-refractivity contribution is 0.479. The van der Waals surface area contributed by atoms with E-state index >= 15 is 0 Å². The Morgan fingerprint density at radius 1 is 1.05 bits per heavy atom. The van der Waals surface area contributed by atoms with Gasteiger partial charge in [-0.25, -0.2) is 0 Å². The summed E-state index contributed by atoms with van der Waals surface area (Å²) in [6.07, 6.45) is 0.823. The Kier molecular flexibility index (Phi) is 4.46. The maximum atomic E-state index is 6.23. The van der Waals surface area contributed by atoms with Crippen molar-refractivity contribution in [2.24, 2.45) is 5.73 Å². The predicted octanol–water partition coefficient (Wildman–Crippen LogP) is 4.25. The van der Waals surface area contributed by atoms with Gasteiger partial charge in [-0.05, 0) is 56.1 Å². The lowest BCUT2D eigenvalue weighted by Crippen LogP contribution is -2.02. The van der Waals surface area contributed by atoms with E-state index in [2.05, 4.69) is 13.0 Å². The van der Waals surface area contributed by atoms with Gasteiger partial charge in [-0.3, -0.25) is 0 Å². The van der Waals surface area contributed by atoms with Crippen LogP contribution in [-0.4, -0.2) is 6.54 Å². The summed E-state index contributed by atoms with van der Waals surface area (Å²) in [5.41, 5.74) is 8.97. The molecule has 2 N–H and O–H groups in total. The van der Waals surface area contributed by atoms with Crippen LogP contribution < -0.4 is 10.5 Å². The van der Waals surface area contributed by atoms with E-state index in [1.165, 1.54) is 5.56 Å². The molecule has 0 aromatic heterocycles. The molecule has 0 spiro atoms. The van der Waals surface area contributed by atoms with Crippen molar-refractivity contribution in [1.29, 1.82) is 0 Å². The molecule has 0 aliphatic rings. The summed E-state index contributed by atoms with van der Waals surface area (Å²) in [5, 5.41) is 0.617. The zero-order valence-corrected chi connectivity index (χ0v) is 12.0. The second kappa shape index (κ2) is 6.09. The Labute approximate surface area is 119 Å². The molecule has 0 saturated carbocycles. The van der Waals surface area contributed by atoms with Crippen molar-refractivity contribution in [1.82, 2.24) is 0 Å². The minimum absolute atomic E-state index is 0.617. The first-order valence-electron chi connectivity index (χ1n) is 6.34. The van der Waals surface area contributed by atoms with Crippen molar-refractivity contribution in [2.45, 2.75) is 20.3 Å². The lowest BCUT2D eigenvalue weighted by atomic mass is 10.1. The summed E-state index contributed by atoms with van der Waals surface area (Å²) in [5.74, 6) is 1.51. The monoisotopic (exact) mass is 275 g/mol. The third kappa shape index (κ3) is 3.49. The van der Waals surface area contributed by atoms with Crippen molar-refractivity contribution in [3.8, 4) is 11.5 Å². The van der Waals surface area contributed by atoms with E-state index in [1.54, 1.807) is 0 Å². The van der Waals surface area contributed by atoms with Crippen molar-refractivity contribution < 1.29 is 4.74 Å². The number of benzene rings is 2. The van der Waals surface area contributed by atoms with Gasteiger partial charge in [-0.15, -0.1) is 0 Å². The molecule has 0 radical (unpaired) electrons. The summed E-state index contributed by atoms with van der Waals surface area (Å²) in [4.78, 5) is 0. The van der Waals surface area contributed by atoms with Gasteiger partial charge in [0.25, 0.3) is 0 Å². The summed E-state index contributed by atoms with van der Waals surface area (Å²) in [6, 6.07) is 11.9. The molecule has 19 heavy (non-hydrogen) atoms. The van der Waals surface area contributed by atoms with E-state index in [0.717, 1.165) is 23.3 Å². The van der Waals surface area contributed by atoms with Gasteiger partial charge in [-0.1, -0.05) is 35.4 Å². The van der Waals surface area contributed by atoms with Gasteiger partial charge in [0.15, 0.2) is 0 Å². The Hall–Kier alpha value is -1.51. The van der Waals surface area contributed by atoms with E-state index in [4.69, 9.17) is 22.1 Å². The first kappa shape index (κ1) is 13.9. The van der Waals surface area contributed by atoms with Crippen LogP contribution in [0.2, 0.25) is 5.02 Å². The van der Waals surface area contributed by atoms with Crippen molar-refractivity contribution in [3.05, 3.63) is 58.1 Å². The third-order valence-corrected chi connectivity index (χ3v) is 3.28. The van der Waals surface area contributed by atoms with Crippen LogP contribution in [0.3, 0.4) is 0 Å². The Balaban J connectivity index is 2.23. The molecule has 0 saturated heterocycles. The van der Waals surface area contributed by atoms with E-state index in [-0.39, 0.29) is 0 Å². The SMILES string of the molecule is Cc1ccc(Oc2ccc(CCN)cc2Cl)c(C)c1. The Bertz CT molecular complexity index is 581. The number of nitrogens with two attached hydrogens (primary N) is 1. The molecule has 2 aromatic rings. The fourth-order valence-electron chi connectivity index (χ4n) is 1.98. The molecule has 0 fully saturated rings. The maximum absolute atomic E-state index is 6.23. The number of rotatable bonds is 4. The van der Waals surface area contributed by atoms with Crippen molar-refractivity contribution in [3.63, 3.8) is 0 Å². The summed E-state index contributed by atoms with van der Waals surface area (Å²) in [7, 11) is 0. The highest BCUT2D eigenvalue weighted by Crippen LogP contribution is 2.32. The van der Waals surface area contributed by atoms with Crippen LogP contribution in [0.15, 0.2) is 36.4 Å². The van der Waals surface area contributed by atoms with Gasteiger partial charge in [0.2, 0.25) is 0 Å². The lowest BCUT2D eigenvalue weighted by Gasteiger charge is -2.11. The Morgan fingerprint density at radius 3 is 2.42 bits per heavy atom. The molecule has 0 aliphatic heterocycles. The van der Waals surface area contributed by atoms with Crippen LogP contribution in [0.4, 0.5) is 0 Å². The first-order valence-corrected chi connectivity index (χ1v) is 6.71. The van der Waals surface area contributed by atoms with Crippen LogP contribution in [0.5, 0.6) is 11.5 Å². The number of hydrogen-bond acceptors (Lipinski definition) is 2. The fourth-order valence-corrected chi connectivity index (χ4v) is 2.22. The quantitative estimate of drug-likeness (QED) is 0.905. The molecule has 0 unspecified atom stereocenters. The number of ether oxygens (including phenoxy) is 1. The molecule has 0 amide bonds. The first-order chi connectivity index (χ1) is 9.10. The van der Waals surface area contributed by atoms with E-state index in [9.17, 15) is 0 Å². The number of hydrogen-bond donors (Lipinski definition) is 1. The molecular weight excluding hydrogens is 258 g/mol. The van der Waals surface area contributed by atoms with Crippen LogP contribution in [-0.2, 0) is 6.42 Å². The molecule has 2 nitrogen and oxygen atoms in total. The van der Waals surface area contributed by atoms with Gasteiger partial charge in [0, 0.05) is 0 Å². The van der Waals surface area contributed by atoms with Gasteiger partial charge in [-0.2, -0.15) is 0 Å². The van der Waals surface area contributed by atoms with Crippen LogP contribution in [0.1, 0.15) is 16.7 Å². The van der Waals surface area contributed by atoms with Gasteiger partial charge >= 0.3 is 0 Å². The molecule has 0 heterocycles. The highest BCUT2D eigenvalue weighted by molar-refractivity contribution is 6.32. The molecule has 0 bridgehead atoms. The molecular formula is C16H18ClNO. The van der Waals surface area contributed by atoms with E-state index in [0.29, 0.717) is 17.3 Å². The fraction of sp³-hybridized carbons (Fsp3) is 0.250. The summed E-state index contributed by atoms with van der Waals surface area (Å²) in [6.45, 7) is 4.71. The van der Waals surface area contributed by atoms with Crippen LogP contribution in [0, 0.1) is 13.8 Å². The predicted molar refractivity (Wildman–Crippen MR) is 80.2 cm³/mol. The second-order valence-corrected chi connectivity index (χ2v) is 5.08. The zero-order valence-electron chi connectivity index (χ0n) is 11.2. The van der Waals surface area contributed by atoms with E-state index < -0.39 is 0 Å². The molecule has 3 heteroatoms. The van der Waals surface area contributed by atoms with E-state index in [1.807, 2.05) is 37.3 Å². The molecule has 2 rings (SSSR count). The largest absolute Gasteiger partial charge is 0.456 e. The molecule has 2 aromatic carbocycles. The third-order valence-electron chi connectivity index (χ3n) is 2.98. The average Bonchev–Trinajstić information content (AvgIpc) is 2.36. The van der Waals surface area contributed by atoms with Crippen LogP contribution in [0.25, 0.3) is 0 Å². The number of halogens is 1. The van der Waals surface area contributed by atoms with Crippen LogP contribution >= 0.6 is 11.6 Å². The molecule has 100 valence electrons. The van der Waals surface area contributed by atoms with Gasteiger partial charge in [0.05, 0.1) is 5.02 Å². The normalized spacial score (nSPS) is 10.5. The standard InChI is InChI=1S/C16H18ClNO/c1-11-3-5-15(12(2)9-11)19-16-6-4-13(7-8-18)10-14(16)17/h3-6,9-10H,7-8,18H2,1-2H3.